The van der Waals surface area contributed by atoms with E-state index in [1.165, 1.54) is 16.2 Å². The van der Waals surface area contributed by atoms with Gasteiger partial charge in [-0.3, -0.25) is 4.79 Å². The van der Waals surface area contributed by atoms with Gasteiger partial charge in [0.05, 0.1) is 4.88 Å². The van der Waals surface area contributed by atoms with Gasteiger partial charge in [-0.05, 0) is 34.3 Å². The third-order valence-corrected chi connectivity index (χ3v) is 4.92. The number of halogens is 1. The fourth-order valence-corrected chi connectivity index (χ4v) is 4.00. The molecule has 0 unspecified atom stereocenters. The molecule has 1 heterocycles. The number of hydrogen-bond donors (Lipinski definition) is 0. The molecule has 0 bridgehead atoms. The highest BCUT2D eigenvalue weighted by Gasteiger charge is 2.11. The molecular weight excluding hydrogens is 280 g/mol. The molecule has 1 aromatic heterocycles. The Labute approximate surface area is 98.6 Å². The zero-order chi connectivity index (χ0) is 10.1. The van der Waals surface area contributed by atoms with E-state index >= 15 is 0 Å². The zero-order valence-electron chi connectivity index (χ0n) is 7.41. The summed E-state index contributed by atoms with van der Waals surface area (Å²) < 4.78 is 2.09. The van der Waals surface area contributed by atoms with Gasteiger partial charge in [0.15, 0.2) is 6.29 Å². The van der Waals surface area contributed by atoms with Crippen molar-refractivity contribution in [2.24, 2.45) is 0 Å². The molecule has 0 atom stereocenters. The lowest BCUT2D eigenvalue weighted by Crippen LogP contribution is -1.74. The molecule has 4 heteroatoms. The summed E-state index contributed by atoms with van der Waals surface area (Å²) in [5.41, 5.74) is 0. The fraction of sp³-hybridized carbons (Fsp3) is 0.100. The molecule has 1 aromatic carbocycles. The van der Waals surface area contributed by atoms with Gasteiger partial charge in [-0.25, -0.2) is 0 Å². The Hall–Kier alpha value is -0.320. The van der Waals surface area contributed by atoms with Gasteiger partial charge in [0.2, 0.25) is 0 Å². The predicted octanol–water partition coefficient (Wildman–Crippen LogP) is 4.20. The standard InChI is InChI=1S/C10H7BrOS2/c1-13-6-3-2-4-7-9(6)10(11)8(5-12)14-7/h2-5H,1H3. The normalized spacial score (nSPS) is 10.7. The summed E-state index contributed by atoms with van der Waals surface area (Å²) in [6.45, 7) is 0. The third kappa shape index (κ3) is 1.51. The van der Waals surface area contributed by atoms with Crippen LogP contribution in [0.2, 0.25) is 0 Å². The van der Waals surface area contributed by atoms with E-state index in [1.54, 1.807) is 11.8 Å². The van der Waals surface area contributed by atoms with E-state index in [0.29, 0.717) is 0 Å². The lowest BCUT2D eigenvalue weighted by molar-refractivity contribution is 0.112. The second-order valence-electron chi connectivity index (χ2n) is 2.73. The molecule has 2 rings (SSSR count). The van der Waals surface area contributed by atoms with E-state index in [9.17, 15) is 4.79 Å². The number of fused-ring (bicyclic) bond motifs is 1. The molecule has 0 saturated carbocycles. The molecule has 0 radical (unpaired) electrons. The van der Waals surface area contributed by atoms with E-state index < -0.39 is 0 Å². The first kappa shape index (κ1) is 10.2. The van der Waals surface area contributed by atoms with Crippen LogP contribution in [0.1, 0.15) is 9.67 Å². The third-order valence-electron chi connectivity index (χ3n) is 1.97. The summed E-state index contributed by atoms with van der Waals surface area (Å²) in [6, 6.07) is 6.13. The number of hydrogen-bond acceptors (Lipinski definition) is 3. The minimum absolute atomic E-state index is 0.765. The molecular formula is C10H7BrOS2. The molecule has 0 N–H and O–H groups in total. The van der Waals surface area contributed by atoms with Gasteiger partial charge in [0.25, 0.3) is 0 Å². The first-order valence-electron chi connectivity index (χ1n) is 3.98. The van der Waals surface area contributed by atoms with Crippen LogP contribution in [0.4, 0.5) is 0 Å². The molecule has 0 spiro atoms. The van der Waals surface area contributed by atoms with Gasteiger partial charge in [-0.2, -0.15) is 0 Å². The maximum Gasteiger partial charge on any atom is 0.161 e. The van der Waals surface area contributed by atoms with Gasteiger partial charge in [0, 0.05) is 19.5 Å². The number of benzene rings is 1. The average Bonchev–Trinajstić information content (AvgIpc) is 2.55. The minimum Gasteiger partial charge on any atom is -0.297 e. The van der Waals surface area contributed by atoms with Gasteiger partial charge in [0.1, 0.15) is 0 Å². The second-order valence-corrected chi connectivity index (χ2v) is 5.46. The summed E-state index contributed by atoms with van der Waals surface area (Å²) in [5, 5.41) is 1.16. The molecule has 14 heavy (non-hydrogen) atoms. The van der Waals surface area contributed by atoms with Gasteiger partial charge >= 0.3 is 0 Å². The summed E-state index contributed by atoms with van der Waals surface area (Å²) in [5.74, 6) is 0. The van der Waals surface area contributed by atoms with Crippen molar-refractivity contribution in [1.29, 1.82) is 0 Å². The number of carbonyl (C=O) groups excluding carboxylic acids is 1. The maximum absolute atomic E-state index is 10.8. The van der Waals surface area contributed by atoms with Crippen LogP contribution in [0, 0.1) is 0 Å². The van der Waals surface area contributed by atoms with Crippen molar-refractivity contribution in [3.8, 4) is 0 Å². The van der Waals surface area contributed by atoms with Gasteiger partial charge in [-0.1, -0.05) is 6.07 Å². The Morgan fingerprint density at radius 1 is 1.50 bits per heavy atom. The molecule has 0 fully saturated rings. The highest BCUT2D eigenvalue weighted by Crippen LogP contribution is 2.39. The number of thiophene rings is 1. The van der Waals surface area contributed by atoms with E-state index in [-0.39, 0.29) is 0 Å². The van der Waals surface area contributed by atoms with Crippen LogP contribution in [0.3, 0.4) is 0 Å². The van der Waals surface area contributed by atoms with Gasteiger partial charge in [-0.15, -0.1) is 23.1 Å². The molecule has 0 amide bonds. The molecule has 1 nitrogen and oxygen atoms in total. The summed E-state index contributed by atoms with van der Waals surface area (Å²) in [6.07, 6.45) is 2.94. The largest absolute Gasteiger partial charge is 0.297 e. The number of aldehydes is 1. The SMILES string of the molecule is CSc1cccc2sc(C=O)c(Br)c12. The average molecular weight is 287 g/mol. The van der Waals surface area contributed by atoms with Crippen molar-refractivity contribution < 1.29 is 4.79 Å². The monoisotopic (exact) mass is 286 g/mol. The smallest absolute Gasteiger partial charge is 0.161 e. The minimum atomic E-state index is 0.765. The molecule has 0 saturated heterocycles. The van der Waals surface area contributed by atoms with Crippen LogP contribution in [0.25, 0.3) is 10.1 Å². The first-order valence-corrected chi connectivity index (χ1v) is 6.81. The number of rotatable bonds is 2. The zero-order valence-corrected chi connectivity index (χ0v) is 10.6. The molecule has 0 aliphatic rings. The number of carbonyl (C=O) groups is 1. The van der Waals surface area contributed by atoms with E-state index in [1.807, 2.05) is 18.4 Å². The van der Waals surface area contributed by atoms with Crippen LogP contribution in [0.15, 0.2) is 27.6 Å². The van der Waals surface area contributed by atoms with Crippen LogP contribution >= 0.6 is 39.0 Å². The quantitative estimate of drug-likeness (QED) is 0.608. The topological polar surface area (TPSA) is 17.1 Å². The Kier molecular flexibility index (Phi) is 2.95. The van der Waals surface area contributed by atoms with Crippen molar-refractivity contribution in [3.05, 3.63) is 27.5 Å². The number of thioether (sulfide) groups is 1. The van der Waals surface area contributed by atoms with Crippen LogP contribution in [-0.4, -0.2) is 12.5 Å². The second kappa shape index (κ2) is 4.04. The maximum atomic E-state index is 10.8. The molecule has 2 aromatic rings. The van der Waals surface area contributed by atoms with Gasteiger partial charge < -0.3 is 0 Å². The lowest BCUT2D eigenvalue weighted by atomic mass is 10.2. The summed E-state index contributed by atoms with van der Waals surface area (Å²) >= 11 is 6.69. The van der Waals surface area contributed by atoms with E-state index in [2.05, 4.69) is 22.0 Å². The lowest BCUT2D eigenvalue weighted by Gasteiger charge is -1.98. The van der Waals surface area contributed by atoms with Crippen LogP contribution < -0.4 is 0 Å². The first-order chi connectivity index (χ1) is 6.77. The summed E-state index contributed by atoms with van der Waals surface area (Å²) in [7, 11) is 0. The Balaban J connectivity index is 2.85. The summed E-state index contributed by atoms with van der Waals surface area (Å²) in [4.78, 5) is 12.7. The molecule has 0 aliphatic carbocycles. The van der Waals surface area contributed by atoms with Crippen molar-refractivity contribution >= 4 is 55.4 Å². The Bertz CT molecular complexity index is 490. The van der Waals surface area contributed by atoms with Crippen LogP contribution in [-0.2, 0) is 0 Å². The highest BCUT2D eigenvalue weighted by molar-refractivity contribution is 9.10. The Morgan fingerprint density at radius 3 is 2.93 bits per heavy atom. The predicted molar refractivity (Wildman–Crippen MR) is 66.7 cm³/mol. The van der Waals surface area contributed by atoms with E-state index in [4.69, 9.17) is 0 Å². The fourth-order valence-electron chi connectivity index (χ4n) is 1.34. The Morgan fingerprint density at radius 2 is 2.29 bits per heavy atom. The van der Waals surface area contributed by atoms with E-state index in [0.717, 1.165) is 25.7 Å². The molecule has 0 aliphatic heterocycles. The van der Waals surface area contributed by atoms with Crippen LogP contribution in [0.5, 0.6) is 0 Å². The van der Waals surface area contributed by atoms with Crippen molar-refractivity contribution in [2.75, 3.05) is 6.26 Å². The highest BCUT2D eigenvalue weighted by atomic mass is 79.9. The van der Waals surface area contributed by atoms with Crippen molar-refractivity contribution in [3.63, 3.8) is 0 Å². The van der Waals surface area contributed by atoms with Crippen molar-refractivity contribution in [2.45, 2.75) is 4.90 Å². The molecule has 72 valence electrons. The van der Waals surface area contributed by atoms with Crippen molar-refractivity contribution in [1.82, 2.24) is 0 Å².